The first-order chi connectivity index (χ1) is 13.9. The first kappa shape index (κ1) is 21.8. The van der Waals surface area contributed by atoms with E-state index < -0.39 is 11.9 Å². The fraction of sp³-hybridized carbons (Fsp3) is 0.300. The zero-order valence-corrected chi connectivity index (χ0v) is 16.0. The van der Waals surface area contributed by atoms with Crippen molar-refractivity contribution in [3.05, 3.63) is 59.9 Å². The van der Waals surface area contributed by atoms with Crippen molar-refractivity contribution in [2.24, 2.45) is 0 Å². The zero-order valence-electron chi connectivity index (χ0n) is 16.0. The molecule has 0 saturated carbocycles. The SMILES string of the molecule is COc1ccccc1CN1CCN(C(=O)c2ccncc2)CC1.O=C(O)C(=O)O. The van der Waals surface area contributed by atoms with Crippen molar-refractivity contribution in [3.8, 4) is 5.75 Å². The molecule has 0 radical (unpaired) electrons. The van der Waals surface area contributed by atoms with Gasteiger partial charge in [-0.3, -0.25) is 14.7 Å². The molecule has 29 heavy (non-hydrogen) atoms. The molecule has 3 rings (SSSR count). The number of carboxylic acids is 2. The highest BCUT2D eigenvalue weighted by Gasteiger charge is 2.22. The highest BCUT2D eigenvalue weighted by atomic mass is 16.5. The maximum atomic E-state index is 12.4. The number of carbonyl (C=O) groups is 3. The Kier molecular flexibility index (Phi) is 8.11. The number of aliphatic carboxylic acids is 2. The van der Waals surface area contributed by atoms with E-state index in [9.17, 15) is 4.79 Å². The predicted molar refractivity (Wildman–Crippen MR) is 104 cm³/mol. The number of hydrogen-bond acceptors (Lipinski definition) is 6. The van der Waals surface area contributed by atoms with Gasteiger partial charge in [-0.15, -0.1) is 0 Å². The molecule has 0 bridgehead atoms. The molecule has 2 aromatic rings. The van der Waals surface area contributed by atoms with Crippen LogP contribution in [0.25, 0.3) is 0 Å². The Morgan fingerprint density at radius 3 is 2.10 bits per heavy atom. The fourth-order valence-corrected chi connectivity index (χ4v) is 2.86. The second kappa shape index (κ2) is 10.8. The zero-order chi connectivity index (χ0) is 21.2. The Morgan fingerprint density at radius 2 is 1.55 bits per heavy atom. The molecule has 0 unspecified atom stereocenters. The Labute approximate surface area is 168 Å². The highest BCUT2D eigenvalue weighted by molar-refractivity contribution is 6.27. The number of benzene rings is 1. The van der Waals surface area contributed by atoms with E-state index in [0.717, 1.165) is 38.5 Å². The van der Waals surface area contributed by atoms with Crippen molar-refractivity contribution < 1.29 is 29.3 Å². The molecule has 1 aromatic carbocycles. The third-order valence-electron chi connectivity index (χ3n) is 4.36. The van der Waals surface area contributed by atoms with Gasteiger partial charge >= 0.3 is 11.9 Å². The average Bonchev–Trinajstić information content (AvgIpc) is 2.75. The fourth-order valence-electron chi connectivity index (χ4n) is 2.86. The third-order valence-corrected chi connectivity index (χ3v) is 4.36. The van der Waals surface area contributed by atoms with Crippen LogP contribution in [0.15, 0.2) is 48.8 Å². The lowest BCUT2D eigenvalue weighted by atomic mass is 10.1. The van der Waals surface area contributed by atoms with E-state index in [2.05, 4.69) is 16.0 Å². The Hall–Kier alpha value is -3.46. The summed E-state index contributed by atoms with van der Waals surface area (Å²) >= 11 is 0. The topological polar surface area (TPSA) is 120 Å². The van der Waals surface area contributed by atoms with Gasteiger partial charge in [0.2, 0.25) is 0 Å². The molecular weight excluding hydrogens is 378 g/mol. The number of piperazine rings is 1. The van der Waals surface area contributed by atoms with E-state index in [-0.39, 0.29) is 5.91 Å². The summed E-state index contributed by atoms with van der Waals surface area (Å²) in [6.45, 7) is 4.08. The van der Waals surface area contributed by atoms with Crippen LogP contribution in [0.1, 0.15) is 15.9 Å². The van der Waals surface area contributed by atoms with Crippen molar-refractivity contribution in [1.29, 1.82) is 0 Å². The van der Waals surface area contributed by atoms with E-state index in [1.807, 2.05) is 23.1 Å². The lowest BCUT2D eigenvalue weighted by molar-refractivity contribution is -0.159. The maximum Gasteiger partial charge on any atom is 0.414 e. The van der Waals surface area contributed by atoms with E-state index >= 15 is 0 Å². The van der Waals surface area contributed by atoms with Crippen molar-refractivity contribution in [3.63, 3.8) is 0 Å². The van der Waals surface area contributed by atoms with Crippen LogP contribution in [0.5, 0.6) is 5.75 Å². The normalized spacial score (nSPS) is 13.8. The molecule has 1 aromatic heterocycles. The summed E-state index contributed by atoms with van der Waals surface area (Å²) in [7, 11) is 1.70. The van der Waals surface area contributed by atoms with E-state index in [1.54, 1.807) is 31.6 Å². The molecule has 1 fully saturated rings. The van der Waals surface area contributed by atoms with Crippen LogP contribution in [-0.4, -0.2) is 76.1 Å². The Bertz CT molecular complexity index is 823. The molecule has 154 valence electrons. The number of ether oxygens (including phenoxy) is 1. The monoisotopic (exact) mass is 401 g/mol. The molecule has 1 aliphatic heterocycles. The minimum absolute atomic E-state index is 0.0874. The number of rotatable bonds is 4. The van der Waals surface area contributed by atoms with E-state index in [1.165, 1.54) is 5.56 Å². The van der Waals surface area contributed by atoms with Crippen LogP contribution in [0.4, 0.5) is 0 Å². The lowest BCUT2D eigenvalue weighted by Gasteiger charge is -2.35. The number of pyridine rings is 1. The quantitative estimate of drug-likeness (QED) is 0.734. The molecule has 0 spiro atoms. The van der Waals surface area contributed by atoms with E-state index in [0.29, 0.717) is 5.56 Å². The first-order valence-corrected chi connectivity index (χ1v) is 8.92. The molecule has 2 heterocycles. The van der Waals surface area contributed by atoms with Crippen LogP contribution in [-0.2, 0) is 16.1 Å². The van der Waals surface area contributed by atoms with Gasteiger partial charge in [0, 0.05) is 56.2 Å². The Morgan fingerprint density at radius 1 is 0.966 bits per heavy atom. The summed E-state index contributed by atoms with van der Waals surface area (Å²) in [6.07, 6.45) is 3.32. The summed E-state index contributed by atoms with van der Waals surface area (Å²) < 4.78 is 5.41. The lowest BCUT2D eigenvalue weighted by Crippen LogP contribution is -2.48. The third kappa shape index (κ3) is 6.58. The van der Waals surface area contributed by atoms with E-state index in [4.69, 9.17) is 24.5 Å². The minimum atomic E-state index is -1.82. The van der Waals surface area contributed by atoms with Gasteiger partial charge in [-0.05, 0) is 18.2 Å². The van der Waals surface area contributed by atoms with Gasteiger partial charge in [0.1, 0.15) is 5.75 Å². The minimum Gasteiger partial charge on any atom is -0.496 e. The van der Waals surface area contributed by atoms with Crippen LogP contribution < -0.4 is 4.74 Å². The molecule has 1 amide bonds. The highest BCUT2D eigenvalue weighted by Crippen LogP contribution is 2.20. The van der Waals surface area contributed by atoms with Crippen LogP contribution in [0.3, 0.4) is 0 Å². The molecule has 9 heteroatoms. The summed E-state index contributed by atoms with van der Waals surface area (Å²) in [6, 6.07) is 11.6. The number of amides is 1. The number of hydrogen-bond donors (Lipinski definition) is 2. The van der Waals surface area contributed by atoms with Gasteiger partial charge in [0.15, 0.2) is 0 Å². The van der Waals surface area contributed by atoms with Crippen molar-refractivity contribution in [2.75, 3.05) is 33.3 Å². The largest absolute Gasteiger partial charge is 0.496 e. The Balaban J connectivity index is 0.000000438. The molecule has 0 atom stereocenters. The first-order valence-electron chi connectivity index (χ1n) is 8.92. The molecule has 9 nitrogen and oxygen atoms in total. The maximum absolute atomic E-state index is 12.4. The molecule has 0 aliphatic carbocycles. The number of methoxy groups -OCH3 is 1. The standard InChI is InChI=1S/C18H21N3O2.C2H2O4/c1-23-17-5-3-2-4-16(17)14-20-10-12-21(13-11-20)18(22)15-6-8-19-9-7-15;3-1(4)2(5)6/h2-9H,10-14H2,1H3;(H,3,4)(H,5,6). The van der Waals surface area contributed by atoms with Gasteiger partial charge in [-0.1, -0.05) is 18.2 Å². The molecule has 1 saturated heterocycles. The number of nitrogens with zero attached hydrogens (tertiary/aromatic N) is 3. The number of carboxylic acid groups (broad SMARTS) is 2. The van der Waals surface area contributed by atoms with Crippen molar-refractivity contribution >= 4 is 17.8 Å². The molecule has 2 N–H and O–H groups in total. The van der Waals surface area contributed by atoms with Crippen LogP contribution in [0, 0.1) is 0 Å². The van der Waals surface area contributed by atoms with Gasteiger partial charge in [0.05, 0.1) is 7.11 Å². The summed E-state index contributed by atoms with van der Waals surface area (Å²) in [4.78, 5) is 38.8. The molecule has 1 aliphatic rings. The van der Waals surface area contributed by atoms with Crippen LogP contribution in [0.2, 0.25) is 0 Å². The van der Waals surface area contributed by atoms with Crippen molar-refractivity contribution in [2.45, 2.75) is 6.54 Å². The summed E-state index contributed by atoms with van der Waals surface area (Å²) in [5.41, 5.74) is 1.89. The number of para-hydroxylation sites is 1. The number of carbonyl (C=O) groups excluding carboxylic acids is 1. The van der Waals surface area contributed by atoms with Crippen molar-refractivity contribution in [1.82, 2.24) is 14.8 Å². The number of aromatic nitrogens is 1. The van der Waals surface area contributed by atoms with Gasteiger partial charge in [0.25, 0.3) is 5.91 Å². The average molecular weight is 401 g/mol. The van der Waals surface area contributed by atoms with Gasteiger partial charge in [-0.25, -0.2) is 9.59 Å². The summed E-state index contributed by atoms with van der Waals surface area (Å²) in [5.74, 6) is -2.64. The van der Waals surface area contributed by atoms with Gasteiger partial charge in [-0.2, -0.15) is 0 Å². The molecular formula is C20H23N3O6. The second-order valence-electron chi connectivity index (χ2n) is 6.23. The predicted octanol–water partition coefficient (Wildman–Crippen LogP) is 1.20. The van der Waals surface area contributed by atoms with Crippen LogP contribution >= 0.6 is 0 Å². The smallest absolute Gasteiger partial charge is 0.414 e. The summed E-state index contributed by atoms with van der Waals surface area (Å²) in [5, 5.41) is 14.8. The van der Waals surface area contributed by atoms with Gasteiger partial charge < -0.3 is 19.8 Å². The second-order valence-corrected chi connectivity index (χ2v) is 6.23.